The van der Waals surface area contributed by atoms with Gasteiger partial charge in [-0.2, -0.15) is 0 Å². The summed E-state index contributed by atoms with van der Waals surface area (Å²) in [5.41, 5.74) is 4.58. The Bertz CT molecular complexity index is 862. The molecule has 0 atom stereocenters. The number of nitrogens with one attached hydrogen (secondary N) is 2. The number of sulfonamides is 1. The first-order chi connectivity index (χ1) is 12.4. The van der Waals surface area contributed by atoms with E-state index in [9.17, 15) is 13.2 Å². The molecule has 0 unspecified atom stereocenters. The van der Waals surface area contributed by atoms with Crippen molar-refractivity contribution in [2.45, 2.75) is 38.0 Å². The van der Waals surface area contributed by atoms with Crippen LogP contribution in [0.1, 0.15) is 41.3 Å². The second-order valence-corrected chi connectivity index (χ2v) is 7.67. The maximum absolute atomic E-state index is 12.7. The number of carbonyl (C=O) groups is 1. The molecule has 0 aliphatic rings. The van der Waals surface area contributed by atoms with Gasteiger partial charge in [0.05, 0.1) is 12.0 Å². The lowest BCUT2D eigenvalue weighted by Gasteiger charge is -2.12. The van der Waals surface area contributed by atoms with E-state index < -0.39 is 15.9 Å². The molecule has 0 aliphatic heterocycles. The average molecular weight is 376 g/mol. The van der Waals surface area contributed by atoms with E-state index in [1.807, 2.05) is 12.1 Å². The standard InChI is InChI=1S/C19H24N2O4S/c1-4-5-6-15-8-11-17(12-9-15)21-26(23,24)18-13-16(10-7-14(18)2)19(22)20-25-3/h7-13,21H,4-6H2,1-3H3,(H,20,22). The fourth-order valence-corrected chi connectivity index (χ4v) is 3.84. The Hall–Kier alpha value is -2.38. The van der Waals surface area contributed by atoms with E-state index in [1.54, 1.807) is 31.2 Å². The zero-order valence-electron chi connectivity index (χ0n) is 15.2. The van der Waals surface area contributed by atoms with Gasteiger partial charge in [-0.15, -0.1) is 0 Å². The predicted molar refractivity (Wildman–Crippen MR) is 102 cm³/mol. The number of aryl methyl sites for hydroxylation is 2. The number of unbranched alkanes of at least 4 members (excludes halogenated alkanes) is 1. The zero-order valence-corrected chi connectivity index (χ0v) is 16.0. The van der Waals surface area contributed by atoms with E-state index >= 15 is 0 Å². The number of benzene rings is 2. The maximum Gasteiger partial charge on any atom is 0.274 e. The number of hydroxylamine groups is 1. The van der Waals surface area contributed by atoms with Crippen LogP contribution in [-0.4, -0.2) is 21.4 Å². The first-order valence-corrected chi connectivity index (χ1v) is 9.91. The smallest absolute Gasteiger partial charge is 0.274 e. The van der Waals surface area contributed by atoms with Crippen molar-refractivity contribution in [3.8, 4) is 0 Å². The molecule has 2 aromatic carbocycles. The molecule has 140 valence electrons. The molecule has 7 heteroatoms. The van der Waals surface area contributed by atoms with Gasteiger partial charge in [-0.05, 0) is 55.2 Å². The van der Waals surface area contributed by atoms with Gasteiger partial charge in [-0.3, -0.25) is 14.4 Å². The quantitative estimate of drug-likeness (QED) is 0.691. The van der Waals surface area contributed by atoms with Crippen molar-refractivity contribution in [2.75, 3.05) is 11.8 Å². The fraction of sp³-hybridized carbons (Fsp3) is 0.316. The molecular weight excluding hydrogens is 352 g/mol. The van der Waals surface area contributed by atoms with Crippen LogP contribution in [0.25, 0.3) is 0 Å². The molecule has 0 heterocycles. The largest absolute Gasteiger partial charge is 0.280 e. The molecule has 0 saturated heterocycles. The van der Waals surface area contributed by atoms with Crippen LogP contribution in [0.3, 0.4) is 0 Å². The molecule has 0 aromatic heterocycles. The second kappa shape index (κ2) is 8.82. The number of anilines is 1. The number of carbonyl (C=O) groups excluding carboxylic acids is 1. The summed E-state index contributed by atoms with van der Waals surface area (Å²) in [5, 5.41) is 0. The molecule has 6 nitrogen and oxygen atoms in total. The van der Waals surface area contributed by atoms with Gasteiger partial charge in [0.2, 0.25) is 0 Å². The van der Waals surface area contributed by atoms with Gasteiger partial charge < -0.3 is 0 Å². The van der Waals surface area contributed by atoms with Crippen LogP contribution in [-0.2, 0) is 21.3 Å². The number of amides is 1. The van der Waals surface area contributed by atoms with E-state index in [0.29, 0.717) is 11.3 Å². The van der Waals surface area contributed by atoms with Gasteiger partial charge in [-0.1, -0.05) is 31.5 Å². The van der Waals surface area contributed by atoms with Crippen molar-refractivity contribution in [1.29, 1.82) is 0 Å². The highest BCUT2D eigenvalue weighted by molar-refractivity contribution is 7.92. The highest BCUT2D eigenvalue weighted by Gasteiger charge is 2.19. The van der Waals surface area contributed by atoms with E-state index in [1.165, 1.54) is 18.7 Å². The molecule has 2 aromatic rings. The van der Waals surface area contributed by atoms with Crippen LogP contribution in [0.5, 0.6) is 0 Å². The van der Waals surface area contributed by atoms with Crippen molar-refractivity contribution in [2.24, 2.45) is 0 Å². The minimum Gasteiger partial charge on any atom is -0.280 e. The third kappa shape index (κ3) is 5.06. The lowest BCUT2D eigenvalue weighted by Crippen LogP contribution is -2.22. The fourth-order valence-electron chi connectivity index (χ4n) is 2.51. The summed E-state index contributed by atoms with van der Waals surface area (Å²) in [6.45, 7) is 3.81. The predicted octanol–water partition coefficient (Wildman–Crippen LogP) is 3.43. The number of hydrogen-bond donors (Lipinski definition) is 2. The van der Waals surface area contributed by atoms with Gasteiger partial charge in [-0.25, -0.2) is 13.9 Å². The summed E-state index contributed by atoms with van der Waals surface area (Å²) in [4.78, 5) is 16.5. The van der Waals surface area contributed by atoms with Crippen molar-refractivity contribution in [3.05, 3.63) is 59.2 Å². The molecule has 0 spiro atoms. The molecule has 2 N–H and O–H groups in total. The molecule has 0 aliphatic carbocycles. The lowest BCUT2D eigenvalue weighted by atomic mass is 10.1. The SMILES string of the molecule is CCCCc1ccc(NS(=O)(=O)c2cc(C(=O)NOC)ccc2C)cc1. The maximum atomic E-state index is 12.7. The van der Waals surface area contributed by atoms with Gasteiger partial charge in [0.1, 0.15) is 0 Å². The molecule has 0 radical (unpaired) electrons. The molecule has 0 saturated carbocycles. The Labute approximate surface area is 154 Å². The molecule has 26 heavy (non-hydrogen) atoms. The summed E-state index contributed by atoms with van der Waals surface area (Å²) in [5.74, 6) is -0.510. The van der Waals surface area contributed by atoms with Crippen LogP contribution >= 0.6 is 0 Å². The van der Waals surface area contributed by atoms with Crippen LogP contribution in [0.15, 0.2) is 47.4 Å². The first kappa shape index (κ1) is 19.9. The molecule has 2 rings (SSSR count). The highest BCUT2D eigenvalue weighted by atomic mass is 32.2. The zero-order chi connectivity index (χ0) is 19.2. The van der Waals surface area contributed by atoms with Gasteiger partial charge in [0.25, 0.3) is 15.9 Å². The Morgan fingerprint density at radius 3 is 2.42 bits per heavy atom. The van der Waals surface area contributed by atoms with Crippen LogP contribution in [0.2, 0.25) is 0 Å². The van der Waals surface area contributed by atoms with Crippen molar-refractivity contribution in [1.82, 2.24) is 5.48 Å². The molecule has 0 fully saturated rings. The minimum absolute atomic E-state index is 0.0521. The Morgan fingerprint density at radius 2 is 1.81 bits per heavy atom. The van der Waals surface area contributed by atoms with Gasteiger partial charge in [0, 0.05) is 11.3 Å². The van der Waals surface area contributed by atoms with Crippen LogP contribution in [0, 0.1) is 6.92 Å². The highest BCUT2D eigenvalue weighted by Crippen LogP contribution is 2.21. The van der Waals surface area contributed by atoms with Crippen molar-refractivity contribution >= 4 is 21.6 Å². The number of rotatable bonds is 8. The summed E-state index contributed by atoms with van der Waals surface area (Å²) < 4.78 is 28.0. The lowest BCUT2D eigenvalue weighted by molar-refractivity contribution is 0.0537. The normalized spacial score (nSPS) is 11.2. The van der Waals surface area contributed by atoms with E-state index in [4.69, 9.17) is 0 Å². The van der Waals surface area contributed by atoms with Gasteiger partial charge in [0.15, 0.2) is 0 Å². The topological polar surface area (TPSA) is 84.5 Å². The average Bonchev–Trinajstić information content (AvgIpc) is 2.61. The monoisotopic (exact) mass is 376 g/mol. The third-order valence-electron chi connectivity index (χ3n) is 3.96. The van der Waals surface area contributed by atoms with Gasteiger partial charge >= 0.3 is 0 Å². The summed E-state index contributed by atoms with van der Waals surface area (Å²) >= 11 is 0. The minimum atomic E-state index is -3.82. The van der Waals surface area contributed by atoms with E-state index in [2.05, 4.69) is 22.0 Å². The third-order valence-corrected chi connectivity index (χ3v) is 5.48. The Balaban J connectivity index is 2.24. The summed E-state index contributed by atoms with van der Waals surface area (Å²) in [6.07, 6.45) is 3.18. The summed E-state index contributed by atoms with van der Waals surface area (Å²) in [6, 6.07) is 11.8. The van der Waals surface area contributed by atoms with E-state index in [-0.39, 0.29) is 10.5 Å². The van der Waals surface area contributed by atoms with E-state index in [0.717, 1.165) is 19.3 Å². The van der Waals surface area contributed by atoms with Crippen molar-refractivity contribution in [3.63, 3.8) is 0 Å². The molecule has 1 amide bonds. The Kier molecular flexibility index (Phi) is 6.76. The molecule has 0 bridgehead atoms. The summed E-state index contributed by atoms with van der Waals surface area (Å²) in [7, 11) is -2.50. The number of hydrogen-bond acceptors (Lipinski definition) is 4. The van der Waals surface area contributed by atoms with Crippen molar-refractivity contribution < 1.29 is 18.0 Å². The molecular formula is C19H24N2O4S. The van der Waals surface area contributed by atoms with Crippen LogP contribution in [0.4, 0.5) is 5.69 Å². The second-order valence-electron chi connectivity index (χ2n) is 6.02. The van der Waals surface area contributed by atoms with Crippen LogP contribution < -0.4 is 10.2 Å². The Morgan fingerprint density at radius 1 is 1.12 bits per heavy atom. The first-order valence-electron chi connectivity index (χ1n) is 8.43.